The third-order valence-electron chi connectivity index (χ3n) is 3.11. The van der Waals surface area contributed by atoms with E-state index in [1.807, 2.05) is 39.8 Å². The monoisotopic (exact) mass is 277 g/mol. The standard InChI is InChI=1S/C16H23NO3/c1-5-19-12-8-6-11(7-9-12)13-10-14(13)17-15(18)20-16(2,3)4/h6-9,13-14H,5,10H2,1-4H3,(H,17,18)/t13-,14+/m0/s1. The van der Waals surface area contributed by atoms with Crippen LogP contribution in [0.1, 0.15) is 45.6 Å². The third kappa shape index (κ3) is 4.15. The summed E-state index contributed by atoms with van der Waals surface area (Å²) in [5, 5.41) is 2.91. The van der Waals surface area contributed by atoms with Crippen molar-refractivity contribution in [2.75, 3.05) is 6.61 Å². The van der Waals surface area contributed by atoms with Gasteiger partial charge in [-0.2, -0.15) is 0 Å². The molecule has 0 saturated heterocycles. The fraction of sp³-hybridized carbons (Fsp3) is 0.562. The minimum atomic E-state index is -0.451. The van der Waals surface area contributed by atoms with Crippen molar-refractivity contribution in [3.63, 3.8) is 0 Å². The van der Waals surface area contributed by atoms with E-state index in [2.05, 4.69) is 17.4 Å². The van der Waals surface area contributed by atoms with Gasteiger partial charge in [0.25, 0.3) is 0 Å². The molecule has 1 saturated carbocycles. The van der Waals surface area contributed by atoms with Gasteiger partial charge in [-0.05, 0) is 51.8 Å². The number of amides is 1. The van der Waals surface area contributed by atoms with Gasteiger partial charge in [0.2, 0.25) is 0 Å². The first kappa shape index (κ1) is 14.7. The van der Waals surface area contributed by atoms with Crippen molar-refractivity contribution in [1.82, 2.24) is 5.32 Å². The lowest BCUT2D eigenvalue weighted by Crippen LogP contribution is -2.34. The summed E-state index contributed by atoms with van der Waals surface area (Å²) in [6.07, 6.45) is 0.628. The Hall–Kier alpha value is -1.71. The topological polar surface area (TPSA) is 47.6 Å². The summed E-state index contributed by atoms with van der Waals surface area (Å²) >= 11 is 0. The number of nitrogens with one attached hydrogen (secondary N) is 1. The Kier molecular flexibility index (Phi) is 4.21. The highest BCUT2D eigenvalue weighted by Crippen LogP contribution is 2.41. The molecule has 0 radical (unpaired) electrons. The normalized spacial score (nSPS) is 21.2. The summed E-state index contributed by atoms with van der Waals surface area (Å²) < 4.78 is 10.7. The van der Waals surface area contributed by atoms with Crippen LogP contribution in [-0.4, -0.2) is 24.3 Å². The molecule has 4 nitrogen and oxygen atoms in total. The zero-order valence-corrected chi connectivity index (χ0v) is 12.6. The Labute approximate surface area is 120 Å². The molecule has 0 heterocycles. The second kappa shape index (κ2) is 5.73. The van der Waals surface area contributed by atoms with E-state index in [-0.39, 0.29) is 12.1 Å². The van der Waals surface area contributed by atoms with Crippen LogP contribution in [-0.2, 0) is 4.74 Å². The van der Waals surface area contributed by atoms with Gasteiger partial charge in [-0.1, -0.05) is 12.1 Å². The van der Waals surface area contributed by atoms with Crippen LogP contribution < -0.4 is 10.1 Å². The molecule has 0 bridgehead atoms. The van der Waals surface area contributed by atoms with Gasteiger partial charge in [-0.25, -0.2) is 4.79 Å². The average Bonchev–Trinajstić information content (AvgIpc) is 3.07. The summed E-state index contributed by atoms with van der Waals surface area (Å²) in [4.78, 5) is 11.7. The number of carbonyl (C=O) groups is 1. The highest BCUT2D eigenvalue weighted by molar-refractivity contribution is 5.69. The summed E-state index contributed by atoms with van der Waals surface area (Å²) in [6.45, 7) is 8.23. The predicted octanol–water partition coefficient (Wildman–Crippen LogP) is 3.47. The number of alkyl carbamates (subject to hydrolysis) is 1. The molecule has 1 aliphatic carbocycles. The predicted molar refractivity (Wildman–Crippen MR) is 78.1 cm³/mol. The largest absolute Gasteiger partial charge is 0.494 e. The van der Waals surface area contributed by atoms with Crippen molar-refractivity contribution < 1.29 is 14.3 Å². The number of hydrogen-bond acceptors (Lipinski definition) is 3. The molecule has 110 valence electrons. The molecule has 1 fully saturated rings. The molecule has 4 heteroatoms. The maximum Gasteiger partial charge on any atom is 0.407 e. The van der Waals surface area contributed by atoms with Crippen molar-refractivity contribution in [1.29, 1.82) is 0 Å². The molecule has 1 aromatic rings. The number of rotatable bonds is 4. The Bertz CT molecular complexity index is 462. The quantitative estimate of drug-likeness (QED) is 0.916. The van der Waals surface area contributed by atoms with Crippen molar-refractivity contribution in [2.45, 2.75) is 51.7 Å². The minimum Gasteiger partial charge on any atom is -0.494 e. The van der Waals surface area contributed by atoms with Crippen LogP contribution in [0.5, 0.6) is 5.75 Å². The number of hydrogen-bond donors (Lipinski definition) is 1. The molecule has 1 aliphatic rings. The highest BCUT2D eigenvalue weighted by Gasteiger charge is 2.40. The summed E-state index contributed by atoms with van der Waals surface area (Å²) in [5.41, 5.74) is 0.780. The van der Waals surface area contributed by atoms with Gasteiger partial charge in [0.1, 0.15) is 11.4 Å². The second-order valence-corrected chi connectivity index (χ2v) is 6.10. The van der Waals surface area contributed by atoms with Crippen molar-refractivity contribution in [3.8, 4) is 5.75 Å². The molecule has 0 spiro atoms. The lowest BCUT2D eigenvalue weighted by atomic mass is 10.1. The van der Waals surface area contributed by atoms with E-state index in [1.165, 1.54) is 5.56 Å². The molecule has 1 aromatic carbocycles. The van der Waals surface area contributed by atoms with Crippen molar-refractivity contribution in [3.05, 3.63) is 29.8 Å². The van der Waals surface area contributed by atoms with E-state index in [9.17, 15) is 4.79 Å². The minimum absolute atomic E-state index is 0.183. The number of carbonyl (C=O) groups excluding carboxylic acids is 1. The van der Waals surface area contributed by atoms with Gasteiger partial charge in [-0.15, -0.1) is 0 Å². The van der Waals surface area contributed by atoms with Gasteiger partial charge >= 0.3 is 6.09 Å². The van der Waals surface area contributed by atoms with E-state index < -0.39 is 5.60 Å². The maximum atomic E-state index is 11.7. The van der Waals surface area contributed by atoms with Gasteiger partial charge < -0.3 is 14.8 Å². The van der Waals surface area contributed by atoms with Crippen LogP contribution in [0, 0.1) is 0 Å². The summed E-state index contributed by atoms with van der Waals surface area (Å²) in [6, 6.07) is 8.25. The van der Waals surface area contributed by atoms with Gasteiger partial charge in [0.15, 0.2) is 0 Å². The fourth-order valence-corrected chi connectivity index (χ4v) is 2.16. The SMILES string of the molecule is CCOc1ccc([C@@H]2C[C@H]2NC(=O)OC(C)(C)C)cc1. The summed E-state index contributed by atoms with van der Waals surface area (Å²) in [5.74, 6) is 1.27. The second-order valence-electron chi connectivity index (χ2n) is 6.10. The fourth-order valence-electron chi connectivity index (χ4n) is 2.16. The molecule has 0 aromatic heterocycles. The van der Waals surface area contributed by atoms with Crippen LogP contribution in [0.25, 0.3) is 0 Å². The van der Waals surface area contributed by atoms with Crippen LogP contribution in [0.2, 0.25) is 0 Å². The van der Waals surface area contributed by atoms with E-state index in [0.29, 0.717) is 12.5 Å². The number of benzene rings is 1. The molecule has 1 amide bonds. The molecule has 0 unspecified atom stereocenters. The smallest absolute Gasteiger partial charge is 0.407 e. The molecule has 0 aliphatic heterocycles. The lowest BCUT2D eigenvalue weighted by molar-refractivity contribution is 0.0523. The zero-order valence-electron chi connectivity index (χ0n) is 12.6. The van der Waals surface area contributed by atoms with Gasteiger partial charge in [-0.3, -0.25) is 0 Å². The lowest BCUT2D eigenvalue weighted by Gasteiger charge is -2.19. The van der Waals surface area contributed by atoms with E-state index in [4.69, 9.17) is 9.47 Å². The Morgan fingerprint density at radius 3 is 2.50 bits per heavy atom. The highest BCUT2D eigenvalue weighted by atomic mass is 16.6. The van der Waals surface area contributed by atoms with Crippen molar-refractivity contribution in [2.24, 2.45) is 0 Å². The molecule has 2 atom stereocenters. The third-order valence-corrected chi connectivity index (χ3v) is 3.11. The number of ether oxygens (including phenoxy) is 2. The zero-order chi connectivity index (χ0) is 14.8. The molecular formula is C16H23NO3. The van der Waals surface area contributed by atoms with Crippen LogP contribution in [0.3, 0.4) is 0 Å². The molecular weight excluding hydrogens is 254 g/mol. The van der Waals surface area contributed by atoms with E-state index in [1.54, 1.807) is 0 Å². The first-order valence-corrected chi connectivity index (χ1v) is 7.11. The van der Waals surface area contributed by atoms with E-state index >= 15 is 0 Å². The van der Waals surface area contributed by atoms with E-state index in [0.717, 1.165) is 12.2 Å². The Morgan fingerprint density at radius 1 is 1.30 bits per heavy atom. The van der Waals surface area contributed by atoms with Crippen LogP contribution >= 0.6 is 0 Å². The van der Waals surface area contributed by atoms with Gasteiger partial charge in [0, 0.05) is 12.0 Å². The molecule has 2 rings (SSSR count). The first-order chi connectivity index (χ1) is 9.39. The first-order valence-electron chi connectivity index (χ1n) is 7.11. The van der Waals surface area contributed by atoms with Crippen LogP contribution in [0.15, 0.2) is 24.3 Å². The van der Waals surface area contributed by atoms with Gasteiger partial charge in [0.05, 0.1) is 6.61 Å². The average molecular weight is 277 g/mol. The Morgan fingerprint density at radius 2 is 1.95 bits per heavy atom. The summed E-state index contributed by atoms with van der Waals surface area (Å²) in [7, 11) is 0. The Balaban J connectivity index is 1.84. The molecule has 20 heavy (non-hydrogen) atoms. The molecule has 1 N–H and O–H groups in total. The van der Waals surface area contributed by atoms with Crippen molar-refractivity contribution >= 4 is 6.09 Å². The maximum absolute atomic E-state index is 11.7. The van der Waals surface area contributed by atoms with Crippen LogP contribution in [0.4, 0.5) is 4.79 Å².